The molecule has 0 aromatic carbocycles. The van der Waals surface area contributed by atoms with E-state index in [-0.39, 0.29) is 30.8 Å². The van der Waals surface area contributed by atoms with E-state index in [0.29, 0.717) is 26.2 Å². The Morgan fingerprint density at radius 1 is 1.33 bits per heavy atom. The zero-order valence-electron chi connectivity index (χ0n) is 16.5. The number of hydrogen-bond acceptors (Lipinski definition) is 6. The highest BCUT2D eigenvalue weighted by molar-refractivity contribution is 5.79. The molecule has 1 spiro atoms. The summed E-state index contributed by atoms with van der Waals surface area (Å²) in [5.74, 6) is -0.168. The first-order chi connectivity index (χ1) is 12.7. The molecule has 2 saturated heterocycles. The SMILES string of the molecule is CC(C)(C)OC(=O)N1CC[C@@]2(COCC(=O)N2)[C@@H]1COC1CCC(O)CC1. The van der Waals surface area contributed by atoms with Crippen LogP contribution >= 0.6 is 0 Å². The van der Waals surface area contributed by atoms with Crippen molar-refractivity contribution in [3.8, 4) is 0 Å². The summed E-state index contributed by atoms with van der Waals surface area (Å²) in [5, 5.41) is 12.7. The number of hydrogen-bond donors (Lipinski definition) is 2. The van der Waals surface area contributed by atoms with Gasteiger partial charge in [-0.25, -0.2) is 4.79 Å². The molecule has 3 fully saturated rings. The summed E-state index contributed by atoms with van der Waals surface area (Å²) in [6, 6.07) is -0.344. The number of aliphatic hydroxyl groups is 1. The van der Waals surface area contributed by atoms with Gasteiger partial charge in [0.05, 0.1) is 37.0 Å². The number of carbonyl (C=O) groups excluding carboxylic acids is 2. The Balaban J connectivity index is 1.71. The number of aliphatic hydroxyl groups excluding tert-OH is 1. The second-order valence-electron chi connectivity index (χ2n) is 8.90. The number of rotatable bonds is 3. The van der Waals surface area contributed by atoms with Gasteiger partial charge in [0.1, 0.15) is 12.2 Å². The molecule has 1 saturated carbocycles. The zero-order valence-corrected chi connectivity index (χ0v) is 16.5. The first-order valence-electron chi connectivity index (χ1n) is 9.87. The third-order valence-corrected chi connectivity index (χ3v) is 5.56. The maximum atomic E-state index is 12.7. The minimum Gasteiger partial charge on any atom is -0.444 e. The van der Waals surface area contributed by atoms with Crippen LogP contribution < -0.4 is 5.32 Å². The van der Waals surface area contributed by atoms with Crippen LogP contribution in [0.2, 0.25) is 0 Å². The van der Waals surface area contributed by atoms with Gasteiger partial charge in [-0.05, 0) is 52.9 Å². The van der Waals surface area contributed by atoms with Gasteiger partial charge < -0.3 is 29.5 Å². The molecule has 0 unspecified atom stereocenters. The fourth-order valence-corrected chi connectivity index (χ4v) is 4.16. The van der Waals surface area contributed by atoms with Crippen molar-refractivity contribution >= 4 is 12.0 Å². The van der Waals surface area contributed by atoms with Crippen LogP contribution in [-0.2, 0) is 19.0 Å². The van der Waals surface area contributed by atoms with Crippen molar-refractivity contribution in [3.05, 3.63) is 0 Å². The molecule has 0 aromatic heterocycles. The molecule has 154 valence electrons. The number of amides is 2. The lowest BCUT2D eigenvalue weighted by Crippen LogP contribution is -2.65. The average Bonchev–Trinajstić information content (AvgIpc) is 2.90. The largest absolute Gasteiger partial charge is 0.444 e. The van der Waals surface area contributed by atoms with E-state index < -0.39 is 17.2 Å². The topological polar surface area (TPSA) is 97.3 Å². The van der Waals surface area contributed by atoms with Crippen LogP contribution in [0.5, 0.6) is 0 Å². The fourth-order valence-electron chi connectivity index (χ4n) is 4.16. The van der Waals surface area contributed by atoms with Gasteiger partial charge in [-0.3, -0.25) is 4.79 Å². The third kappa shape index (κ3) is 4.92. The van der Waals surface area contributed by atoms with E-state index in [1.165, 1.54) is 0 Å². The molecular formula is C19H32N2O6. The monoisotopic (exact) mass is 384 g/mol. The highest BCUT2D eigenvalue weighted by atomic mass is 16.6. The predicted octanol–water partition coefficient (Wildman–Crippen LogP) is 1.20. The molecule has 8 nitrogen and oxygen atoms in total. The van der Waals surface area contributed by atoms with Gasteiger partial charge >= 0.3 is 6.09 Å². The van der Waals surface area contributed by atoms with Crippen molar-refractivity contribution in [1.82, 2.24) is 10.2 Å². The van der Waals surface area contributed by atoms with Crippen molar-refractivity contribution < 1.29 is 28.9 Å². The molecule has 2 heterocycles. The molecule has 3 aliphatic rings. The molecule has 0 radical (unpaired) electrons. The summed E-state index contributed by atoms with van der Waals surface area (Å²) in [6.45, 7) is 6.70. The third-order valence-electron chi connectivity index (χ3n) is 5.56. The van der Waals surface area contributed by atoms with E-state index >= 15 is 0 Å². The van der Waals surface area contributed by atoms with Gasteiger partial charge in [0, 0.05) is 6.54 Å². The highest BCUT2D eigenvalue weighted by Crippen LogP contribution is 2.33. The van der Waals surface area contributed by atoms with Gasteiger partial charge in [0.25, 0.3) is 0 Å². The summed E-state index contributed by atoms with van der Waals surface area (Å²) in [4.78, 5) is 26.4. The Morgan fingerprint density at radius 3 is 2.67 bits per heavy atom. The predicted molar refractivity (Wildman–Crippen MR) is 97.3 cm³/mol. The first-order valence-corrected chi connectivity index (χ1v) is 9.87. The first kappa shape index (κ1) is 20.4. The lowest BCUT2D eigenvalue weighted by molar-refractivity contribution is -0.138. The summed E-state index contributed by atoms with van der Waals surface area (Å²) in [6.07, 6.45) is 3.10. The number of nitrogens with zero attached hydrogens (tertiary/aromatic N) is 1. The molecule has 27 heavy (non-hydrogen) atoms. The maximum absolute atomic E-state index is 12.7. The Labute approximate surface area is 160 Å². The molecule has 2 amide bonds. The molecule has 0 bridgehead atoms. The van der Waals surface area contributed by atoms with Crippen LogP contribution in [0.3, 0.4) is 0 Å². The van der Waals surface area contributed by atoms with Gasteiger partial charge in [-0.15, -0.1) is 0 Å². The van der Waals surface area contributed by atoms with Crippen molar-refractivity contribution in [2.24, 2.45) is 0 Å². The smallest absolute Gasteiger partial charge is 0.410 e. The number of likely N-dealkylation sites (tertiary alicyclic amines) is 1. The van der Waals surface area contributed by atoms with Crippen molar-refractivity contribution in [1.29, 1.82) is 0 Å². The molecule has 2 aliphatic heterocycles. The summed E-state index contributed by atoms with van der Waals surface area (Å²) in [5.41, 5.74) is -1.23. The Morgan fingerprint density at radius 2 is 2.04 bits per heavy atom. The van der Waals surface area contributed by atoms with E-state index in [9.17, 15) is 14.7 Å². The van der Waals surface area contributed by atoms with Gasteiger partial charge in [-0.1, -0.05) is 0 Å². The van der Waals surface area contributed by atoms with Gasteiger partial charge in [-0.2, -0.15) is 0 Å². The number of carbonyl (C=O) groups is 2. The molecule has 1 aliphatic carbocycles. The van der Waals surface area contributed by atoms with E-state index in [0.717, 1.165) is 25.7 Å². The van der Waals surface area contributed by atoms with Crippen molar-refractivity contribution in [2.45, 2.75) is 82.3 Å². The number of ether oxygens (including phenoxy) is 3. The van der Waals surface area contributed by atoms with E-state index in [1.54, 1.807) is 4.90 Å². The summed E-state index contributed by atoms with van der Waals surface area (Å²) in [7, 11) is 0. The van der Waals surface area contributed by atoms with Crippen LogP contribution in [0.4, 0.5) is 4.79 Å². The van der Waals surface area contributed by atoms with Gasteiger partial charge in [0.15, 0.2) is 0 Å². The lowest BCUT2D eigenvalue weighted by Gasteiger charge is -2.41. The second-order valence-corrected chi connectivity index (χ2v) is 8.90. The van der Waals surface area contributed by atoms with Crippen molar-refractivity contribution in [3.63, 3.8) is 0 Å². The minimum atomic E-state index is -0.638. The van der Waals surface area contributed by atoms with E-state index in [1.807, 2.05) is 20.8 Å². The van der Waals surface area contributed by atoms with Crippen LogP contribution in [0.25, 0.3) is 0 Å². The number of nitrogens with one attached hydrogen (secondary N) is 1. The highest BCUT2D eigenvalue weighted by Gasteiger charge is 2.53. The Hall–Kier alpha value is -1.38. The second kappa shape index (κ2) is 7.93. The van der Waals surface area contributed by atoms with E-state index in [2.05, 4.69) is 5.32 Å². The Kier molecular flexibility index (Phi) is 5.98. The van der Waals surface area contributed by atoms with Gasteiger partial charge in [0.2, 0.25) is 5.91 Å². The quantitative estimate of drug-likeness (QED) is 0.759. The summed E-state index contributed by atoms with van der Waals surface area (Å²) >= 11 is 0. The Bertz CT molecular complexity index is 555. The average molecular weight is 384 g/mol. The van der Waals surface area contributed by atoms with E-state index in [4.69, 9.17) is 14.2 Å². The molecule has 2 atom stereocenters. The van der Waals surface area contributed by atoms with Crippen molar-refractivity contribution in [2.75, 3.05) is 26.4 Å². The van der Waals surface area contributed by atoms with Crippen LogP contribution in [0.15, 0.2) is 0 Å². The van der Waals surface area contributed by atoms with Crippen LogP contribution in [0.1, 0.15) is 52.9 Å². The summed E-state index contributed by atoms with van der Waals surface area (Å²) < 4.78 is 17.2. The molecule has 8 heteroatoms. The standard InChI is InChI=1S/C19H32N2O6/c1-18(2,3)27-17(24)21-9-8-19(12-25-11-16(23)20-19)15(21)10-26-14-6-4-13(22)5-7-14/h13-15,22H,4-12H2,1-3H3,(H,20,23)/t13?,14?,15-,19+/m0/s1. The zero-order chi connectivity index (χ0) is 19.7. The minimum absolute atomic E-state index is 0.0439. The maximum Gasteiger partial charge on any atom is 0.410 e. The number of morpholine rings is 1. The normalized spacial score (nSPS) is 34.6. The molecule has 2 N–H and O–H groups in total. The molecular weight excluding hydrogens is 352 g/mol. The fraction of sp³-hybridized carbons (Fsp3) is 0.895. The lowest BCUT2D eigenvalue weighted by atomic mass is 9.90. The van der Waals surface area contributed by atoms with Crippen LogP contribution in [0, 0.1) is 0 Å². The molecule has 3 rings (SSSR count). The molecule has 0 aromatic rings. The van der Waals surface area contributed by atoms with Crippen LogP contribution in [-0.4, -0.2) is 77.8 Å².